The van der Waals surface area contributed by atoms with Crippen molar-refractivity contribution < 1.29 is 0 Å². The van der Waals surface area contributed by atoms with Crippen molar-refractivity contribution in [3.05, 3.63) is 35.5 Å². The zero-order valence-electron chi connectivity index (χ0n) is 17.5. The topological polar surface area (TPSA) is 0 Å². The lowest BCUT2D eigenvalue weighted by Crippen LogP contribution is -2.46. The van der Waals surface area contributed by atoms with Gasteiger partial charge in [0.25, 0.3) is 0 Å². The molecule has 0 aromatic heterocycles. The first kappa shape index (κ1) is 19.0. The van der Waals surface area contributed by atoms with Gasteiger partial charge in [-0.25, -0.2) is 0 Å². The molecule has 2 saturated carbocycles. The third kappa shape index (κ3) is 3.69. The lowest BCUT2D eigenvalue weighted by molar-refractivity contribution is -0.0352. The van der Waals surface area contributed by atoms with Crippen molar-refractivity contribution in [2.75, 3.05) is 0 Å². The van der Waals surface area contributed by atoms with Gasteiger partial charge in [0.2, 0.25) is 0 Å². The molecule has 25 heavy (non-hydrogen) atoms. The van der Waals surface area contributed by atoms with Crippen LogP contribution in [0.4, 0.5) is 0 Å². The van der Waals surface area contributed by atoms with Gasteiger partial charge in [-0.15, -0.1) is 0 Å². The van der Waals surface area contributed by atoms with Crippen LogP contribution in [0.1, 0.15) is 92.4 Å². The maximum Gasteiger partial charge on any atom is -0.0172 e. The Hall–Kier alpha value is -0.780. The van der Waals surface area contributed by atoms with Gasteiger partial charge in [0.15, 0.2) is 0 Å². The minimum Gasteiger partial charge on any atom is -0.0998 e. The van der Waals surface area contributed by atoms with Crippen LogP contribution in [-0.4, -0.2) is 0 Å². The second-order valence-electron chi connectivity index (χ2n) is 10.3. The monoisotopic (exact) mass is 340 g/mol. The highest BCUT2D eigenvalue weighted by Gasteiger charge is 2.56. The fourth-order valence-corrected chi connectivity index (χ4v) is 6.44. The Morgan fingerprint density at radius 1 is 0.960 bits per heavy atom. The molecule has 0 aliphatic heterocycles. The van der Waals surface area contributed by atoms with Crippen molar-refractivity contribution >= 4 is 0 Å². The van der Waals surface area contributed by atoms with E-state index in [2.05, 4.69) is 53.3 Å². The molecule has 0 N–H and O–H groups in total. The third-order valence-electron chi connectivity index (χ3n) is 8.29. The molecule has 0 heteroatoms. The highest BCUT2D eigenvalue weighted by atomic mass is 14.6. The smallest absolute Gasteiger partial charge is 0.0172 e. The van der Waals surface area contributed by atoms with E-state index in [1.807, 2.05) is 0 Å². The molecule has 2 fully saturated rings. The Morgan fingerprint density at radius 3 is 2.36 bits per heavy atom. The lowest BCUT2D eigenvalue weighted by atomic mass is 9.51. The Kier molecular flexibility index (Phi) is 5.38. The van der Waals surface area contributed by atoms with Gasteiger partial charge in [0.1, 0.15) is 0 Å². The van der Waals surface area contributed by atoms with Crippen LogP contribution in [0, 0.1) is 28.6 Å². The average Bonchev–Trinajstić information content (AvgIpc) is 2.89. The van der Waals surface area contributed by atoms with Crippen molar-refractivity contribution in [3.8, 4) is 0 Å². The molecule has 5 atom stereocenters. The fraction of sp³-hybridized carbons (Fsp3) is 0.760. The SMILES string of the molecule is C=C(C)[C@H]1CC[C@@]2(C)CC[C@]3(C)C/C=C(\C)CC/C=C(\C)CC[C@H]3[C@H]12. The van der Waals surface area contributed by atoms with Crippen LogP contribution < -0.4 is 0 Å². The Balaban J connectivity index is 1.98. The number of fused-ring (bicyclic) bond motifs is 3. The first-order chi connectivity index (χ1) is 11.8. The Morgan fingerprint density at radius 2 is 1.64 bits per heavy atom. The molecule has 3 aliphatic rings. The van der Waals surface area contributed by atoms with Crippen LogP contribution in [0.15, 0.2) is 35.5 Å². The molecule has 140 valence electrons. The van der Waals surface area contributed by atoms with E-state index in [1.54, 1.807) is 11.1 Å². The number of allylic oxidation sites excluding steroid dienone is 5. The van der Waals surface area contributed by atoms with Crippen LogP contribution in [0.3, 0.4) is 0 Å². The van der Waals surface area contributed by atoms with Gasteiger partial charge in [0.05, 0.1) is 0 Å². The molecule has 0 nitrogen and oxygen atoms in total. The molecule has 0 aromatic rings. The maximum atomic E-state index is 4.41. The van der Waals surface area contributed by atoms with E-state index in [-0.39, 0.29) is 0 Å². The summed E-state index contributed by atoms with van der Waals surface area (Å²) < 4.78 is 0. The summed E-state index contributed by atoms with van der Waals surface area (Å²) in [6.45, 7) is 16.6. The predicted octanol–water partition coefficient (Wildman–Crippen LogP) is 7.87. The normalized spacial score (nSPS) is 46.7. The minimum absolute atomic E-state index is 0.480. The van der Waals surface area contributed by atoms with Gasteiger partial charge in [-0.1, -0.05) is 49.3 Å². The van der Waals surface area contributed by atoms with Gasteiger partial charge in [-0.05, 0) is 107 Å². The quantitative estimate of drug-likeness (QED) is 0.426. The van der Waals surface area contributed by atoms with Crippen molar-refractivity contribution in [1.29, 1.82) is 0 Å². The van der Waals surface area contributed by atoms with Gasteiger partial charge >= 0.3 is 0 Å². The van der Waals surface area contributed by atoms with Crippen LogP contribution in [0.2, 0.25) is 0 Å². The van der Waals surface area contributed by atoms with Crippen molar-refractivity contribution in [2.24, 2.45) is 28.6 Å². The van der Waals surface area contributed by atoms with E-state index < -0.39 is 0 Å². The summed E-state index contributed by atoms with van der Waals surface area (Å²) in [7, 11) is 0. The van der Waals surface area contributed by atoms with E-state index in [0.717, 1.165) is 17.8 Å². The van der Waals surface area contributed by atoms with Crippen LogP contribution in [0.5, 0.6) is 0 Å². The molecule has 0 unspecified atom stereocenters. The predicted molar refractivity (Wildman–Crippen MR) is 111 cm³/mol. The van der Waals surface area contributed by atoms with E-state index in [9.17, 15) is 0 Å². The first-order valence-corrected chi connectivity index (χ1v) is 10.7. The summed E-state index contributed by atoms with van der Waals surface area (Å²) in [5.41, 5.74) is 5.71. The Bertz CT molecular complexity index is 577. The number of hydrogen-bond acceptors (Lipinski definition) is 0. The second-order valence-corrected chi connectivity index (χ2v) is 10.3. The number of rotatable bonds is 1. The number of hydrogen-bond donors (Lipinski definition) is 0. The van der Waals surface area contributed by atoms with Gasteiger partial charge in [-0.2, -0.15) is 0 Å². The minimum atomic E-state index is 0.480. The van der Waals surface area contributed by atoms with Crippen molar-refractivity contribution in [3.63, 3.8) is 0 Å². The molecule has 3 rings (SSSR count). The van der Waals surface area contributed by atoms with Gasteiger partial charge in [0, 0.05) is 0 Å². The van der Waals surface area contributed by atoms with Gasteiger partial charge in [-0.3, -0.25) is 0 Å². The molecule has 0 saturated heterocycles. The maximum absolute atomic E-state index is 4.41. The second kappa shape index (κ2) is 7.09. The largest absolute Gasteiger partial charge is 0.0998 e. The molecule has 0 spiro atoms. The summed E-state index contributed by atoms with van der Waals surface area (Å²) in [5, 5.41) is 0. The van der Waals surface area contributed by atoms with E-state index in [1.165, 1.54) is 63.4 Å². The van der Waals surface area contributed by atoms with Crippen molar-refractivity contribution in [1.82, 2.24) is 0 Å². The highest BCUT2D eigenvalue weighted by molar-refractivity contribution is 5.16. The third-order valence-corrected chi connectivity index (χ3v) is 8.29. The van der Waals surface area contributed by atoms with Crippen LogP contribution in [-0.2, 0) is 0 Å². The Labute approximate surface area is 156 Å². The van der Waals surface area contributed by atoms with E-state index in [4.69, 9.17) is 0 Å². The zero-order valence-corrected chi connectivity index (χ0v) is 17.5. The molecular formula is C25H40. The summed E-state index contributed by atoms with van der Waals surface area (Å²) in [6, 6.07) is 0. The van der Waals surface area contributed by atoms with E-state index >= 15 is 0 Å². The van der Waals surface area contributed by atoms with Crippen molar-refractivity contribution in [2.45, 2.75) is 92.4 Å². The summed E-state index contributed by atoms with van der Waals surface area (Å²) in [5.74, 6) is 2.46. The molecule has 0 radical (unpaired) electrons. The summed E-state index contributed by atoms with van der Waals surface area (Å²) in [4.78, 5) is 0. The lowest BCUT2D eigenvalue weighted by Gasteiger charge is -2.54. The van der Waals surface area contributed by atoms with Gasteiger partial charge < -0.3 is 0 Å². The first-order valence-electron chi connectivity index (χ1n) is 10.7. The molecule has 0 bridgehead atoms. The fourth-order valence-electron chi connectivity index (χ4n) is 6.44. The summed E-state index contributed by atoms with van der Waals surface area (Å²) >= 11 is 0. The van der Waals surface area contributed by atoms with E-state index in [0.29, 0.717) is 10.8 Å². The average molecular weight is 341 g/mol. The molecular weight excluding hydrogens is 300 g/mol. The summed E-state index contributed by atoms with van der Waals surface area (Å²) in [6.07, 6.45) is 17.2. The van der Waals surface area contributed by atoms with Crippen LogP contribution >= 0.6 is 0 Å². The zero-order chi connectivity index (χ0) is 18.2. The van der Waals surface area contributed by atoms with Crippen LogP contribution in [0.25, 0.3) is 0 Å². The standard InChI is InChI=1S/C25H40/c1-18(2)21-13-15-25(6)17-16-24(5)14-12-20(4)9-7-8-19(3)10-11-22(24)23(21)25/h8,12,21-23H,1,7,9-11,13-17H2,2-6H3/b19-8+,20-12+/t21-,22+,23+,24+,25+/m1/s1. The molecule has 0 aromatic carbocycles. The molecule has 0 heterocycles. The molecule has 3 aliphatic carbocycles. The molecule has 0 amide bonds. The highest BCUT2D eigenvalue weighted by Crippen LogP contribution is 2.65.